The number of benzene rings is 1. The highest BCUT2D eigenvalue weighted by Gasteiger charge is 2.14. The number of aromatic nitrogens is 3. The smallest absolute Gasteiger partial charge is 0.270 e. The van der Waals surface area contributed by atoms with Gasteiger partial charge in [-0.3, -0.25) is 4.79 Å². The summed E-state index contributed by atoms with van der Waals surface area (Å²) >= 11 is 0. The summed E-state index contributed by atoms with van der Waals surface area (Å²) in [5.74, 6) is -0.0322. The molecule has 3 rings (SSSR count). The SMILES string of the molecule is CN(Cc1ccccc1-n1cccn1)C(=O)c1ccc[nH]1. The third-order valence-corrected chi connectivity index (χ3v) is 3.33. The average Bonchev–Trinajstić information content (AvgIpc) is 3.20. The molecule has 0 atom stereocenters. The van der Waals surface area contributed by atoms with Crippen molar-refractivity contribution in [3.63, 3.8) is 0 Å². The molecule has 0 aliphatic rings. The largest absolute Gasteiger partial charge is 0.357 e. The van der Waals surface area contributed by atoms with Crippen LogP contribution in [0.5, 0.6) is 0 Å². The fourth-order valence-electron chi connectivity index (χ4n) is 2.28. The lowest BCUT2D eigenvalue weighted by molar-refractivity contribution is 0.0780. The van der Waals surface area contributed by atoms with Gasteiger partial charge in [0.1, 0.15) is 5.69 Å². The summed E-state index contributed by atoms with van der Waals surface area (Å²) in [6.07, 6.45) is 5.38. The molecule has 1 aromatic carbocycles. The number of H-pyrrole nitrogens is 1. The van der Waals surface area contributed by atoms with E-state index in [0.29, 0.717) is 12.2 Å². The van der Waals surface area contributed by atoms with Gasteiger partial charge in [-0.2, -0.15) is 5.10 Å². The predicted octanol–water partition coefficient (Wildman–Crippen LogP) is 2.47. The predicted molar refractivity (Wildman–Crippen MR) is 80.2 cm³/mol. The zero-order chi connectivity index (χ0) is 14.7. The van der Waals surface area contributed by atoms with Gasteiger partial charge in [0.05, 0.1) is 5.69 Å². The number of carbonyl (C=O) groups excluding carboxylic acids is 1. The molecule has 2 heterocycles. The van der Waals surface area contributed by atoms with Gasteiger partial charge in [0.2, 0.25) is 0 Å². The maximum absolute atomic E-state index is 12.3. The van der Waals surface area contributed by atoms with Crippen LogP contribution in [0.15, 0.2) is 61.1 Å². The van der Waals surface area contributed by atoms with Gasteiger partial charge in [-0.05, 0) is 29.8 Å². The van der Waals surface area contributed by atoms with Gasteiger partial charge in [0, 0.05) is 32.2 Å². The number of aromatic amines is 1. The highest BCUT2D eigenvalue weighted by Crippen LogP contribution is 2.16. The third kappa shape index (κ3) is 2.72. The van der Waals surface area contributed by atoms with E-state index >= 15 is 0 Å². The molecule has 5 nitrogen and oxygen atoms in total. The molecular weight excluding hydrogens is 264 g/mol. The maximum atomic E-state index is 12.3. The summed E-state index contributed by atoms with van der Waals surface area (Å²) in [5.41, 5.74) is 2.62. The van der Waals surface area contributed by atoms with Crippen LogP contribution >= 0.6 is 0 Å². The Morgan fingerprint density at radius 1 is 1.24 bits per heavy atom. The van der Waals surface area contributed by atoms with Crippen LogP contribution in [0.3, 0.4) is 0 Å². The van der Waals surface area contributed by atoms with E-state index in [0.717, 1.165) is 11.3 Å². The summed E-state index contributed by atoms with van der Waals surface area (Å²) in [6.45, 7) is 0.522. The van der Waals surface area contributed by atoms with E-state index < -0.39 is 0 Å². The Labute approximate surface area is 122 Å². The summed E-state index contributed by atoms with van der Waals surface area (Å²) in [6, 6.07) is 13.4. The van der Waals surface area contributed by atoms with E-state index in [9.17, 15) is 4.79 Å². The number of hydrogen-bond acceptors (Lipinski definition) is 2. The highest BCUT2D eigenvalue weighted by atomic mass is 16.2. The fraction of sp³-hybridized carbons (Fsp3) is 0.125. The molecule has 0 aliphatic carbocycles. The molecule has 3 aromatic rings. The quantitative estimate of drug-likeness (QED) is 0.798. The average molecular weight is 280 g/mol. The first-order chi connectivity index (χ1) is 10.3. The van der Waals surface area contributed by atoms with Crippen LogP contribution in [0.2, 0.25) is 0 Å². The topological polar surface area (TPSA) is 53.9 Å². The van der Waals surface area contributed by atoms with E-state index in [1.54, 1.807) is 30.4 Å². The lowest BCUT2D eigenvalue weighted by Crippen LogP contribution is -2.27. The normalized spacial score (nSPS) is 10.5. The lowest BCUT2D eigenvalue weighted by Gasteiger charge is -2.18. The standard InChI is InChI=1S/C16H16N4O/c1-19(16(21)14-7-4-9-17-14)12-13-6-2-3-8-15(13)20-11-5-10-18-20/h2-11,17H,12H2,1H3. The Bertz CT molecular complexity index is 717. The van der Waals surface area contributed by atoms with Crippen molar-refractivity contribution in [1.82, 2.24) is 19.7 Å². The monoisotopic (exact) mass is 280 g/mol. The van der Waals surface area contributed by atoms with Gasteiger partial charge >= 0.3 is 0 Å². The number of para-hydroxylation sites is 1. The Kier molecular flexibility index (Phi) is 3.55. The zero-order valence-corrected chi connectivity index (χ0v) is 11.7. The zero-order valence-electron chi connectivity index (χ0n) is 11.7. The first-order valence-corrected chi connectivity index (χ1v) is 6.72. The Morgan fingerprint density at radius 3 is 2.81 bits per heavy atom. The minimum absolute atomic E-state index is 0.0322. The minimum Gasteiger partial charge on any atom is -0.357 e. The molecular formula is C16H16N4O. The van der Waals surface area contributed by atoms with Gasteiger partial charge in [-0.25, -0.2) is 4.68 Å². The third-order valence-electron chi connectivity index (χ3n) is 3.33. The van der Waals surface area contributed by atoms with Crippen LogP contribution in [-0.4, -0.2) is 32.6 Å². The molecule has 0 spiro atoms. The van der Waals surface area contributed by atoms with Crippen molar-refractivity contribution in [3.8, 4) is 5.69 Å². The van der Waals surface area contributed by atoms with Gasteiger partial charge < -0.3 is 9.88 Å². The van der Waals surface area contributed by atoms with Crippen molar-refractivity contribution in [1.29, 1.82) is 0 Å². The van der Waals surface area contributed by atoms with Crippen LogP contribution in [0.4, 0.5) is 0 Å². The van der Waals surface area contributed by atoms with E-state index in [2.05, 4.69) is 10.1 Å². The molecule has 0 unspecified atom stereocenters. The summed E-state index contributed by atoms with van der Waals surface area (Å²) in [7, 11) is 1.79. The molecule has 0 saturated heterocycles. The summed E-state index contributed by atoms with van der Waals surface area (Å²) < 4.78 is 1.81. The molecule has 0 saturated carbocycles. The molecule has 0 bridgehead atoms. The van der Waals surface area contributed by atoms with Crippen molar-refractivity contribution in [3.05, 3.63) is 72.3 Å². The van der Waals surface area contributed by atoms with Gasteiger partial charge in [-0.1, -0.05) is 18.2 Å². The molecule has 0 aliphatic heterocycles. The molecule has 2 aromatic heterocycles. The van der Waals surface area contributed by atoms with Crippen LogP contribution in [0.1, 0.15) is 16.1 Å². The van der Waals surface area contributed by atoms with Crippen LogP contribution in [0, 0.1) is 0 Å². The van der Waals surface area contributed by atoms with Crippen LogP contribution in [-0.2, 0) is 6.54 Å². The second-order valence-corrected chi connectivity index (χ2v) is 4.82. The van der Waals surface area contributed by atoms with E-state index in [1.165, 1.54) is 0 Å². The summed E-state index contributed by atoms with van der Waals surface area (Å²) in [4.78, 5) is 16.9. The molecule has 0 fully saturated rings. The number of nitrogens with one attached hydrogen (secondary N) is 1. The minimum atomic E-state index is -0.0322. The fourth-order valence-corrected chi connectivity index (χ4v) is 2.28. The molecule has 0 radical (unpaired) electrons. The van der Waals surface area contributed by atoms with E-state index in [-0.39, 0.29) is 5.91 Å². The highest BCUT2D eigenvalue weighted by molar-refractivity contribution is 5.92. The Morgan fingerprint density at radius 2 is 2.10 bits per heavy atom. The second-order valence-electron chi connectivity index (χ2n) is 4.82. The maximum Gasteiger partial charge on any atom is 0.270 e. The first kappa shape index (κ1) is 13.2. The number of carbonyl (C=O) groups is 1. The molecule has 5 heteroatoms. The van der Waals surface area contributed by atoms with Gasteiger partial charge in [-0.15, -0.1) is 0 Å². The number of rotatable bonds is 4. The van der Waals surface area contributed by atoms with Crippen molar-refractivity contribution < 1.29 is 4.79 Å². The van der Waals surface area contributed by atoms with E-state index in [4.69, 9.17) is 0 Å². The van der Waals surface area contributed by atoms with Crippen LogP contribution in [0.25, 0.3) is 5.69 Å². The molecule has 1 amide bonds. The van der Waals surface area contributed by atoms with Gasteiger partial charge in [0.25, 0.3) is 5.91 Å². The van der Waals surface area contributed by atoms with Crippen molar-refractivity contribution in [2.45, 2.75) is 6.54 Å². The van der Waals surface area contributed by atoms with Crippen molar-refractivity contribution in [2.75, 3.05) is 7.05 Å². The van der Waals surface area contributed by atoms with Crippen molar-refractivity contribution in [2.24, 2.45) is 0 Å². The number of hydrogen-bond donors (Lipinski definition) is 1. The van der Waals surface area contributed by atoms with Crippen LogP contribution < -0.4 is 0 Å². The molecule has 21 heavy (non-hydrogen) atoms. The van der Waals surface area contributed by atoms with E-state index in [1.807, 2.05) is 47.3 Å². The van der Waals surface area contributed by atoms with Gasteiger partial charge in [0.15, 0.2) is 0 Å². The van der Waals surface area contributed by atoms with Crippen molar-refractivity contribution >= 4 is 5.91 Å². The Balaban J connectivity index is 1.84. The second kappa shape index (κ2) is 5.66. The lowest BCUT2D eigenvalue weighted by atomic mass is 10.1. The summed E-state index contributed by atoms with van der Waals surface area (Å²) in [5, 5.41) is 4.26. The first-order valence-electron chi connectivity index (χ1n) is 6.72. The Hall–Kier alpha value is -2.82. The number of nitrogens with zero attached hydrogens (tertiary/aromatic N) is 3. The number of amides is 1. The molecule has 1 N–H and O–H groups in total. The molecule has 106 valence electrons.